The Hall–Kier alpha value is -0.610. The molecule has 0 amide bonds. The third-order valence-corrected chi connectivity index (χ3v) is 3.18. The highest BCUT2D eigenvalue weighted by Crippen LogP contribution is 2.24. The van der Waals surface area contributed by atoms with Gasteiger partial charge < -0.3 is 10.5 Å². The van der Waals surface area contributed by atoms with E-state index in [0.717, 1.165) is 22.2 Å². The van der Waals surface area contributed by atoms with E-state index in [2.05, 4.69) is 22.9 Å². The molecule has 0 fully saturated rings. The van der Waals surface area contributed by atoms with Gasteiger partial charge in [0.15, 0.2) is 0 Å². The third kappa shape index (κ3) is 5.04. The fourth-order valence-corrected chi connectivity index (χ4v) is 2.04. The summed E-state index contributed by atoms with van der Waals surface area (Å²) in [6.45, 7) is 2.91. The van der Waals surface area contributed by atoms with E-state index in [9.17, 15) is 0 Å². The van der Waals surface area contributed by atoms with E-state index in [1.54, 1.807) is 0 Å². The van der Waals surface area contributed by atoms with Gasteiger partial charge in [-0.1, -0.05) is 54.3 Å². The maximum absolute atomic E-state index is 5.73. The topological polar surface area (TPSA) is 35.2 Å². The number of halogens is 1. The summed E-state index contributed by atoms with van der Waals surface area (Å²) in [5.74, 6) is 0.767. The summed E-state index contributed by atoms with van der Waals surface area (Å²) in [5.41, 5.74) is 6.46. The molecule has 1 aromatic carbocycles. The number of unbranched alkanes of at least 4 members (excludes halogenated alkanes) is 3. The van der Waals surface area contributed by atoms with E-state index in [1.807, 2.05) is 18.2 Å². The van der Waals surface area contributed by atoms with Crippen molar-refractivity contribution in [2.75, 3.05) is 6.61 Å². The lowest BCUT2D eigenvalue weighted by atomic mass is 10.2. The fraction of sp³-hybridized carbons (Fsp3) is 0.462. The Bertz CT molecular complexity index is 382. The van der Waals surface area contributed by atoms with E-state index >= 15 is 0 Å². The second kappa shape index (κ2) is 7.67. The monoisotopic (exact) mass is 315 g/mol. The normalized spacial score (nSPS) is 10.2. The molecule has 0 aliphatic carbocycles. The Balaban J connectivity index is 2.56. The molecule has 0 aliphatic heterocycles. The highest BCUT2D eigenvalue weighted by molar-refractivity contribution is 9.10. The van der Waals surface area contributed by atoms with Crippen molar-refractivity contribution >= 4 is 33.1 Å². The molecule has 94 valence electrons. The summed E-state index contributed by atoms with van der Waals surface area (Å²) in [4.78, 5) is 0.376. The Morgan fingerprint density at radius 3 is 2.76 bits per heavy atom. The van der Waals surface area contributed by atoms with Gasteiger partial charge in [0.2, 0.25) is 0 Å². The van der Waals surface area contributed by atoms with Crippen molar-refractivity contribution in [2.24, 2.45) is 5.73 Å². The van der Waals surface area contributed by atoms with Crippen LogP contribution < -0.4 is 10.5 Å². The number of hydrogen-bond acceptors (Lipinski definition) is 2. The van der Waals surface area contributed by atoms with Gasteiger partial charge in [0.05, 0.1) is 12.2 Å². The van der Waals surface area contributed by atoms with E-state index in [1.165, 1.54) is 19.3 Å². The summed E-state index contributed by atoms with van der Waals surface area (Å²) in [6, 6.07) is 5.71. The molecule has 1 aromatic rings. The lowest BCUT2D eigenvalue weighted by Gasteiger charge is -2.11. The van der Waals surface area contributed by atoms with Gasteiger partial charge in [-0.2, -0.15) is 0 Å². The number of thiocarbonyl (C=S) groups is 1. The summed E-state index contributed by atoms with van der Waals surface area (Å²) in [5, 5.41) is 0. The van der Waals surface area contributed by atoms with Crippen molar-refractivity contribution in [1.82, 2.24) is 0 Å². The van der Waals surface area contributed by atoms with Crippen LogP contribution in [0, 0.1) is 0 Å². The van der Waals surface area contributed by atoms with Crippen LogP contribution in [0.3, 0.4) is 0 Å². The third-order valence-electron chi connectivity index (χ3n) is 2.46. The van der Waals surface area contributed by atoms with Crippen molar-refractivity contribution in [3.8, 4) is 5.75 Å². The van der Waals surface area contributed by atoms with Crippen LogP contribution in [0.5, 0.6) is 5.75 Å². The maximum atomic E-state index is 5.73. The molecule has 0 spiro atoms. The zero-order valence-electron chi connectivity index (χ0n) is 10.0. The molecular formula is C13H18BrNOS. The van der Waals surface area contributed by atoms with E-state index in [4.69, 9.17) is 22.7 Å². The van der Waals surface area contributed by atoms with Crippen LogP contribution in [0.4, 0.5) is 0 Å². The molecule has 2 nitrogen and oxygen atoms in total. The first kappa shape index (κ1) is 14.5. The van der Waals surface area contributed by atoms with E-state index < -0.39 is 0 Å². The zero-order chi connectivity index (χ0) is 12.7. The highest BCUT2D eigenvalue weighted by atomic mass is 79.9. The largest absolute Gasteiger partial charge is 0.493 e. The first-order chi connectivity index (χ1) is 8.15. The predicted octanol–water partition coefficient (Wildman–Crippen LogP) is 4.04. The van der Waals surface area contributed by atoms with Crippen molar-refractivity contribution in [3.63, 3.8) is 0 Å². The van der Waals surface area contributed by atoms with E-state index in [0.29, 0.717) is 11.6 Å². The van der Waals surface area contributed by atoms with Gasteiger partial charge in [0.1, 0.15) is 10.7 Å². The van der Waals surface area contributed by atoms with Crippen molar-refractivity contribution in [2.45, 2.75) is 32.6 Å². The molecule has 1 rings (SSSR count). The molecule has 2 N–H and O–H groups in total. The average molecular weight is 316 g/mol. The van der Waals surface area contributed by atoms with Crippen LogP contribution in [0.2, 0.25) is 0 Å². The second-order valence-corrected chi connectivity index (χ2v) is 5.27. The minimum Gasteiger partial charge on any atom is -0.493 e. The molecule has 0 saturated heterocycles. The lowest BCUT2D eigenvalue weighted by molar-refractivity contribution is 0.304. The van der Waals surface area contributed by atoms with Crippen LogP contribution in [-0.2, 0) is 0 Å². The number of ether oxygens (including phenoxy) is 1. The molecule has 0 aliphatic rings. The van der Waals surface area contributed by atoms with Crippen molar-refractivity contribution in [1.29, 1.82) is 0 Å². The van der Waals surface area contributed by atoms with Crippen LogP contribution in [0.25, 0.3) is 0 Å². The van der Waals surface area contributed by atoms with E-state index in [-0.39, 0.29) is 0 Å². The summed E-state index contributed by atoms with van der Waals surface area (Å²) in [6.07, 6.45) is 4.75. The zero-order valence-corrected chi connectivity index (χ0v) is 12.4. The minimum absolute atomic E-state index is 0.376. The standard InChI is InChI=1S/C13H18BrNOS/c1-2-3-4-5-8-16-12-9-10(14)6-7-11(12)13(15)17/h6-7,9H,2-5,8H2,1H3,(H2,15,17). The number of hydrogen-bond donors (Lipinski definition) is 1. The SMILES string of the molecule is CCCCCCOc1cc(Br)ccc1C(N)=S. The fourth-order valence-electron chi connectivity index (χ4n) is 1.53. The molecule has 0 atom stereocenters. The Labute approximate surface area is 117 Å². The Morgan fingerprint density at radius 2 is 2.12 bits per heavy atom. The minimum atomic E-state index is 0.376. The van der Waals surface area contributed by atoms with Gasteiger partial charge in [-0.3, -0.25) is 0 Å². The number of nitrogens with two attached hydrogens (primary N) is 1. The molecule has 4 heteroatoms. The molecule has 0 unspecified atom stereocenters. The molecule has 0 heterocycles. The average Bonchev–Trinajstić information content (AvgIpc) is 2.28. The molecular weight excluding hydrogens is 298 g/mol. The van der Waals surface area contributed by atoms with Crippen molar-refractivity contribution in [3.05, 3.63) is 28.2 Å². The molecule has 0 saturated carbocycles. The Morgan fingerprint density at radius 1 is 1.35 bits per heavy atom. The smallest absolute Gasteiger partial charge is 0.130 e. The Kier molecular flexibility index (Phi) is 6.52. The molecule has 17 heavy (non-hydrogen) atoms. The van der Waals surface area contributed by atoms with Gasteiger partial charge in [-0.05, 0) is 24.6 Å². The number of benzene rings is 1. The van der Waals surface area contributed by atoms with Gasteiger partial charge in [-0.15, -0.1) is 0 Å². The second-order valence-electron chi connectivity index (χ2n) is 3.91. The van der Waals surface area contributed by atoms with Crippen LogP contribution >= 0.6 is 28.1 Å². The van der Waals surface area contributed by atoms with Gasteiger partial charge >= 0.3 is 0 Å². The number of rotatable bonds is 7. The maximum Gasteiger partial charge on any atom is 0.130 e. The molecule has 0 aromatic heterocycles. The van der Waals surface area contributed by atoms with Crippen LogP contribution in [0.1, 0.15) is 38.2 Å². The molecule has 0 radical (unpaired) electrons. The summed E-state index contributed by atoms with van der Waals surface area (Å²) < 4.78 is 6.70. The van der Waals surface area contributed by atoms with Gasteiger partial charge in [0.25, 0.3) is 0 Å². The van der Waals surface area contributed by atoms with Crippen molar-refractivity contribution < 1.29 is 4.74 Å². The highest BCUT2D eigenvalue weighted by Gasteiger charge is 2.06. The van der Waals surface area contributed by atoms with Crippen LogP contribution in [0.15, 0.2) is 22.7 Å². The lowest BCUT2D eigenvalue weighted by Crippen LogP contribution is -2.12. The molecule has 0 bridgehead atoms. The predicted molar refractivity (Wildman–Crippen MR) is 79.7 cm³/mol. The summed E-state index contributed by atoms with van der Waals surface area (Å²) >= 11 is 8.41. The quantitative estimate of drug-likeness (QED) is 0.609. The first-order valence-electron chi connectivity index (χ1n) is 5.87. The first-order valence-corrected chi connectivity index (χ1v) is 7.07. The van der Waals surface area contributed by atoms with Gasteiger partial charge in [-0.25, -0.2) is 0 Å². The van der Waals surface area contributed by atoms with Crippen LogP contribution in [-0.4, -0.2) is 11.6 Å². The van der Waals surface area contributed by atoms with Gasteiger partial charge in [0, 0.05) is 4.47 Å². The summed E-state index contributed by atoms with van der Waals surface area (Å²) in [7, 11) is 0.